The number of nitrogen functional groups attached to an aromatic ring is 1. The highest BCUT2D eigenvalue weighted by molar-refractivity contribution is 5.66. The molecule has 0 saturated carbocycles. The summed E-state index contributed by atoms with van der Waals surface area (Å²) >= 11 is 0. The van der Waals surface area contributed by atoms with E-state index < -0.39 is 0 Å². The van der Waals surface area contributed by atoms with Crippen LogP contribution in [0.15, 0.2) is 6.07 Å². The van der Waals surface area contributed by atoms with E-state index in [1.807, 2.05) is 38.9 Å². The number of hydrogen-bond donors (Lipinski definition) is 1. The van der Waals surface area contributed by atoms with E-state index in [0.717, 1.165) is 22.8 Å². The third-order valence-corrected chi connectivity index (χ3v) is 1.80. The van der Waals surface area contributed by atoms with Crippen molar-refractivity contribution in [3.63, 3.8) is 0 Å². The number of aromatic nitrogens is 1. The summed E-state index contributed by atoms with van der Waals surface area (Å²) in [6.45, 7) is 3.97. The van der Waals surface area contributed by atoms with E-state index in [4.69, 9.17) is 5.73 Å². The first-order valence-corrected chi connectivity index (χ1v) is 3.93. The molecule has 1 rings (SSSR count). The van der Waals surface area contributed by atoms with Gasteiger partial charge in [-0.05, 0) is 25.5 Å². The molecule has 0 spiro atoms. The zero-order chi connectivity index (χ0) is 9.30. The van der Waals surface area contributed by atoms with Gasteiger partial charge in [0.15, 0.2) is 5.82 Å². The standard InChI is InChI=1S/C9H15N3/c1-6-5-7(2)11-9(8(6)10)12(3)4/h5H,10H2,1-4H3. The van der Waals surface area contributed by atoms with Crippen molar-refractivity contribution in [2.45, 2.75) is 13.8 Å². The maximum atomic E-state index is 5.85. The number of pyridine rings is 1. The first-order chi connectivity index (χ1) is 5.52. The van der Waals surface area contributed by atoms with Crippen LogP contribution in [0.3, 0.4) is 0 Å². The average molecular weight is 165 g/mol. The Kier molecular flexibility index (Phi) is 2.22. The van der Waals surface area contributed by atoms with Crippen LogP contribution < -0.4 is 10.6 Å². The average Bonchev–Trinajstić information content (AvgIpc) is 1.96. The molecule has 0 saturated heterocycles. The van der Waals surface area contributed by atoms with E-state index in [2.05, 4.69) is 4.98 Å². The van der Waals surface area contributed by atoms with Gasteiger partial charge in [0.05, 0.1) is 5.69 Å². The zero-order valence-corrected chi connectivity index (χ0v) is 8.05. The molecular weight excluding hydrogens is 150 g/mol. The highest BCUT2D eigenvalue weighted by atomic mass is 15.1. The van der Waals surface area contributed by atoms with Gasteiger partial charge < -0.3 is 10.6 Å². The van der Waals surface area contributed by atoms with Gasteiger partial charge in [0, 0.05) is 19.8 Å². The molecule has 2 N–H and O–H groups in total. The van der Waals surface area contributed by atoms with Crippen molar-refractivity contribution in [1.29, 1.82) is 0 Å². The van der Waals surface area contributed by atoms with Crippen LogP contribution in [0.1, 0.15) is 11.3 Å². The van der Waals surface area contributed by atoms with Gasteiger partial charge in [-0.15, -0.1) is 0 Å². The van der Waals surface area contributed by atoms with Crippen LogP contribution in [-0.2, 0) is 0 Å². The minimum Gasteiger partial charge on any atom is -0.396 e. The van der Waals surface area contributed by atoms with Crippen molar-refractivity contribution in [2.24, 2.45) is 0 Å². The molecule has 0 bridgehead atoms. The number of nitrogens with zero attached hydrogens (tertiary/aromatic N) is 2. The van der Waals surface area contributed by atoms with Crippen molar-refractivity contribution < 1.29 is 0 Å². The number of rotatable bonds is 1. The molecule has 66 valence electrons. The largest absolute Gasteiger partial charge is 0.396 e. The SMILES string of the molecule is Cc1cc(C)c(N)c(N(C)C)n1. The first kappa shape index (κ1) is 8.84. The molecule has 1 aromatic rings. The van der Waals surface area contributed by atoms with Crippen LogP contribution in [0.4, 0.5) is 11.5 Å². The molecule has 3 nitrogen and oxygen atoms in total. The summed E-state index contributed by atoms with van der Waals surface area (Å²) in [6.07, 6.45) is 0. The summed E-state index contributed by atoms with van der Waals surface area (Å²) in [5, 5.41) is 0. The van der Waals surface area contributed by atoms with E-state index >= 15 is 0 Å². The van der Waals surface area contributed by atoms with E-state index in [9.17, 15) is 0 Å². The van der Waals surface area contributed by atoms with Gasteiger partial charge in [-0.2, -0.15) is 0 Å². The minimum atomic E-state index is 0.769. The van der Waals surface area contributed by atoms with Crippen molar-refractivity contribution >= 4 is 11.5 Å². The molecule has 0 aliphatic heterocycles. The van der Waals surface area contributed by atoms with E-state index in [1.54, 1.807) is 0 Å². The highest BCUT2D eigenvalue weighted by Crippen LogP contribution is 2.22. The van der Waals surface area contributed by atoms with Gasteiger partial charge >= 0.3 is 0 Å². The summed E-state index contributed by atoms with van der Waals surface area (Å²) in [4.78, 5) is 6.26. The van der Waals surface area contributed by atoms with Crippen LogP contribution >= 0.6 is 0 Å². The molecule has 0 amide bonds. The molecule has 12 heavy (non-hydrogen) atoms. The Morgan fingerprint density at radius 3 is 2.42 bits per heavy atom. The smallest absolute Gasteiger partial charge is 0.151 e. The summed E-state index contributed by atoms with van der Waals surface area (Å²) in [5.74, 6) is 0.854. The molecule has 0 atom stereocenters. The molecule has 0 radical (unpaired) electrons. The van der Waals surface area contributed by atoms with Gasteiger partial charge in [0.1, 0.15) is 0 Å². The maximum Gasteiger partial charge on any atom is 0.151 e. The molecule has 0 aliphatic carbocycles. The molecule has 1 aromatic heterocycles. The molecular formula is C9H15N3. The number of aryl methyl sites for hydroxylation is 2. The Morgan fingerprint density at radius 2 is 1.92 bits per heavy atom. The van der Waals surface area contributed by atoms with Crippen molar-refractivity contribution in [3.8, 4) is 0 Å². The topological polar surface area (TPSA) is 42.1 Å². The van der Waals surface area contributed by atoms with Crippen LogP contribution in [0.25, 0.3) is 0 Å². The van der Waals surface area contributed by atoms with Gasteiger partial charge in [-0.1, -0.05) is 0 Å². The van der Waals surface area contributed by atoms with Gasteiger partial charge in [-0.25, -0.2) is 4.98 Å². The Balaban J connectivity index is 3.28. The van der Waals surface area contributed by atoms with E-state index in [1.165, 1.54) is 0 Å². The lowest BCUT2D eigenvalue weighted by Crippen LogP contribution is -2.14. The second-order valence-electron chi connectivity index (χ2n) is 3.21. The molecule has 0 unspecified atom stereocenters. The second kappa shape index (κ2) is 3.01. The van der Waals surface area contributed by atoms with Crippen LogP contribution in [0, 0.1) is 13.8 Å². The van der Waals surface area contributed by atoms with Crippen molar-refractivity contribution in [2.75, 3.05) is 24.7 Å². The first-order valence-electron chi connectivity index (χ1n) is 3.93. The number of anilines is 2. The van der Waals surface area contributed by atoms with Gasteiger partial charge in [0.25, 0.3) is 0 Å². The lowest BCUT2D eigenvalue weighted by molar-refractivity contribution is 1.04. The Hall–Kier alpha value is -1.25. The Morgan fingerprint density at radius 1 is 1.33 bits per heavy atom. The Labute approximate surface area is 73.2 Å². The third-order valence-electron chi connectivity index (χ3n) is 1.80. The minimum absolute atomic E-state index is 0.769. The highest BCUT2D eigenvalue weighted by Gasteiger charge is 2.05. The van der Waals surface area contributed by atoms with Crippen molar-refractivity contribution in [3.05, 3.63) is 17.3 Å². The monoisotopic (exact) mass is 165 g/mol. The van der Waals surface area contributed by atoms with Crippen LogP contribution in [0.2, 0.25) is 0 Å². The Bertz CT molecular complexity index is 292. The summed E-state index contributed by atoms with van der Waals surface area (Å²) < 4.78 is 0. The fourth-order valence-electron chi connectivity index (χ4n) is 1.17. The van der Waals surface area contributed by atoms with Gasteiger partial charge in [0.2, 0.25) is 0 Å². The number of hydrogen-bond acceptors (Lipinski definition) is 3. The predicted molar refractivity (Wildman–Crippen MR) is 52.5 cm³/mol. The van der Waals surface area contributed by atoms with Crippen LogP contribution in [0.5, 0.6) is 0 Å². The zero-order valence-electron chi connectivity index (χ0n) is 8.05. The maximum absolute atomic E-state index is 5.85. The van der Waals surface area contributed by atoms with Crippen LogP contribution in [-0.4, -0.2) is 19.1 Å². The fourth-order valence-corrected chi connectivity index (χ4v) is 1.17. The van der Waals surface area contributed by atoms with Crippen molar-refractivity contribution in [1.82, 2.24) is 4.98 Å². The molecule has 0 fully saturated rings. The lowest BCUT2D eigenvalue weighted by Gasteiger charge is -2.15. The lowest BCUT2D eigenvalue weighted by atomic mass is 10.2. The predicted octanol–water partition coefficient (Wildman–Crippen LogP) is 1.35. The third kappa shape index (κ3) is 1.49. The van der Waals surface area contributed by atoms with Gasteiger partial charge in [-0.3, -0.25) is 0 Å². The quantitative estimate of drug-likeness (QED) is 0.683. The molecule has 0 aliphatic rings. The molecule has 1 heterocycles. The summed E-state index contributed by atoms with van der Waals surface area (Å²) in [6, 6.07) is 1.99. The number of nitrogens with two attached hydrogens (primary N) is 1. The summed E-state index contributed by atoms with van der Waals surface area (Å²) in [7, 11) is 3.88. The molecule has 0 aromatic carbocycles. The second-order valence-corrected chi connectivity index (χ2v) is 3.21. The van der Waals surface area contributed by atoms with E-state index in [0.29, 0.717) is 0 Å². The molecule has 3 heteroatoms. The van der Waals surface area contributed by atoms with E-state index in [-0.39, 0.29) is 0 Å². The normalized spacial score (nSPS) is 10.0. The summed E-state index contributed by atoms with van der Waals surface area (Å²) in [5.41, 5.74) is 8.71. The fraction of sp³-hybridized carbons (Fsp3) is 0.444.